The smallest absolute Gasteiger partial charge is 0.322 e. The molecule has 9 nitrogen and oxygen atoms in total. The van der Waals surface area contributed by atoms with Gasteiger partial charge in [0.1, 0.15) is 10.7 Å². The maximum absolute atomic E-state index is 12.8. The number of hydrogen-bond acceptors (Lipinski definition) is 7. The fourth-order valence-corrected chi connectivity index (χ4v) is 4.39. The summed E-state index contributed by atoms with van der Waals surface area (Å²) in [5.74, 6) is -0.215. The van der Waals surface area contributed by atoms with E-state index in [4.69, 9.17) is 32.7 Å². The zero-order valence-electron chi connectivity index (χ0n) is 19.0. The van der Waals surface area contributed by atoms with Crippen LogP contribution in [0.4, 0.5) is 10.5 Å². The molecule has 2 heterocycles. The van der Waals surface area contributed by atoms with Crippen molar-refractivity contribution < 1.29 is 19.1 Å². The number of amides is 3. The lowest BCUT2D eigenvalue weighted by molar-refractivity contribution is 0.0374. The van der Waals surface area contributed by atoms with Crippen LogP contribution in [0.25, 0.3) is 0 Å². The van der Waals surface area contributed by atoms with Crippen molar-refractivity contribution in [3.05, 3.63) is 44.3 Å². The molecule has 0 atom stereocenters. The molecule has 3 rings (SSSR count). The summed E-state index contributed by atoms with van der Waals surface area (Å²) in [6, 6.07) is 4.54. The van der Waals surface area contributed by atoms with Gasteiger partial charge in [0.25, 0.3) is 5.91 Å². The Balaban J connectivity index is 1.51. The number of anilines is 1. The van der Waals surface area contributed by atoms with E-state index in [1.165, 1.54) is 11.3 Å². The van der Waals surface area contributed by atoms with Crippen molar-refractivity contribution in [3.8, 4) is 0 Å². The van der Waals surface area contributed by atoms with Crippen LogP contribution in [-0.4, -0.2) is 86.4 Å². The second kappa shape index (κ2) is 13.8. The number of ether oxygens (including phenoxy) is 2. The molecule has 186 valence electrons. The second-order valence-electron chi connectivity index (χ2n) is 7.66. The number of halogens is 2. The summed E-state index contributed by atoms with van der Waals surface area (Å²) in [7, 11) is 1.57. The maximum atomic E-state index is 12.8. The van der Waals surface area contributed by atoms with E-state index in [1.54, 1.807) is 35.6 Å². The fraction of sp³-hybridized carbons (Fsp3) is 0.500. The average Bonchev–Trinajstić information content (AvgIpc) is 3.31. The lowest BCUT2D eigenvalue weighted by atomic mass is 10.3. The Morgan fingerprint density at radius 3 is 2.79 bits per heavy atom. The highest BCUT2D eigenvalue weighted by Crippen LogP contribution is 2.25. The van der Waals surface area contributed by atoms with E-state index in [-0.39, 0.29) is 18.5 Å². The van der Waals surface area contributed by atoms with E-state index in [2.05, 4.69) is 20.5 Å². The predicted octanol–water partition coefficient (Wildman–Crippen LogP) is 3.58. The molecule has 3 amide bonds. The Morgan fingerprint density at radius 2 is 2.06 bits per heavy atom. The van der Waals surface area contributed by atoms with Gasteiger partial charge in [0.15, 0.2) is 0 Å². The minimum atomic E-state index is -0.334. The number of nitrogens with zero attached hydrogens (tertiary/aromatic N) is 3. The van der Waals surface area contributed by atoms with E-state index in [0.717, 1.165) is 39.3 Å². The molecule has 1 saturated heterocycles. The molecule has 2 aromatic rings. The third-order valence-electron chi connectivity index (χ3n) is 5.17. The second-order valence-corrected chi connectivity index (χ2v) is 9.42. The number of carbonyl (C=O) groups is 2. The maximum Gasteiger partial charge on any atom is 0.322 e. The van der Waals surface area contributed by atoms with Crippen molar-refractivity contribution in [3.63, 3.8) is 0 Å². The predicted molar refractivity (Wildman–Crippen MR) is 134 cm³/mol. The SMILES string of the molecule is COCCN(Cc1nc(C(=O)NCCCN2CCOCC2)cs1)C(=O)Nc1ccc(Cl)c(Cl)c1. The normalized spacial score (nSPS) is 14.1. The number of hydrogen-bond donors (Lipinski definition) is 2. The van der Waals surface area contributed by atoms with Crippen molar-refractivity contribution in [2.45, 2.75) is 13.0 Å². The zero-order chi connectivity index (χ0) is 24.3. The third kappa shape index (κ3) is 8.37. The molecule has 34 heavy (non-hydrogen) atoms. The van der Waals surface area contributed by atoms with Crippen molar-refractivity contribution in [2.75, 3.05) is 65.0 Å². The molecule has 12 heteroatoms. The molecule has 0 saturated carbocycles. The molecule has 0 aliphatic carbocycles. The Bertz CT molecular complexity index is 955. The molecule has 2 N–H and O–H groups in total. The van der Waals surface area contributed by atoms with E-state index < -0.39 is 0 Å². The lowest BCUT2D eigenvalue weighted by Gasteiger charge is -2.26. The van der Waals surface area contributed by atoms with Crippen LogP contribution in [0.1, 0.15) is 21.9 Å². The van der Waals surface area contributed by atoms with E-state index in [9.17, 15) is 9.59 Å². The van der Waals surface area contributed by atoms with Gasteiger partial charge in [-0.1, -0.05) is 23.2 Å². The monoisotopic (exact) mass is 529 g/mol. The zero-order valence-corrected chi connectivity index (χ0v) is 21.3. The third-order valence-corrected chi connectivity index (χ3v) is 6.75. The van der Waals surface area contributed by atoms with Gasteiger partial charge < -0.3 is 25.0 Å². The minimum absolute atomic E-state index is 0.215. The largest absolute Gasteiger partial charge is 0.383 e. The molecule has 0 bridgehead atoms. The van der Waals surface area contributed by atoms with Crippen LogP contribution >= 0.6 is 34.5 Å². The molecule has 0 spiro atoms. The Kier molecular flexibility index (Phi) is 10.8. The summed E-state index contributed by atoms with van der Waals surface area (Å²) in [6.45, 7) is 5.85. The molecular formula is C22H29Cl2N5O4S. The quantitative estimate of drug-likeness (QED) is 0.432. The summed E-state index contributed by atoms with van der Waals surface area (Å²) < 4.78 is 10.5. The summed E-state index contributed by atoms with van der Waals surface area (Å²) in [4.78, 5) is 33.6. The van der Waals surface area contributed by atoms with Gasteiger partial charge in [-0.3, -0.25) is 9.69 Å². The van der Waals surface area contributed by atoms with E-state index >= 15 is 0 Å². The number of carbonyl (C=O) groups excluding carboxylic acids is 2. The highest BCUT2D eigenvalue weighted by Gasteiger charge is 2.18. The van der Waals surface area contributed by atoms with Gasteiger partial charge in [0.2, 0.25) is 0 Å². The van der Waals surface area contributed by atoms with E-state index in [0.29, 0.717) is 46.1 Å². The molecule has 0 unspecified atom stereocenters. The van der Waals surface area contributed by atoms with Crippen LogP contribution in [0.2, 0.25) is 10.0 Å². The lowest BCUT2D eigenvalue weighted by Crippen LogP contribution is -2.38. The Morgan fingerprint density at radius 1 is 1.26 bits per heavy atom. The summed E-state index contributed by atoms with van der Waals surface area (Å²) in [5.41, 5.74) is 0.876. The van der Waals surface area contributed by atoms with Gasteiger partial charge in [-0.2, -0.15) is 0 Å². The molecule has 0 radical (unpaired) electrons. The van der Waals surface area contributed by atoms with Gasteiger partial charge in [0, 0.05) is 44.4 Å². The molecule has 1 fully saturated rings. The first-order valence-electron chi connectivity index (χ1n) is 11.0. The van der Waals surface area contributed by atoms with Gasteiger partial charge in [-0.05, 0) is 31.2 Å². The molecule has 1 aromatic heterocycles. The van der Waals surface area contributed by atoms with Crippen LogP contribution in [-0.2, 0) is 16.0 Å². The Labute approximate surface area is 213 Å². The van der Waals surface area contributed by atoms with Gasteiger partial charge in [-0.25, -0.2) is 9.78 Å². The van der Waals surface area contributed by atoms with Crippen LogP contribution in [0.5, 0.6) is 0 Å². The van der Waals surface area contributed by atoms with Gasteiger partial charge in [0.05, 0.1) is 36.4 Å². The number of urea groups is 1. The minimum Gasteiger partial charge on any atom is -0.383 e. The van der Waals surface area contributed by atoms with Crippen molar-refractivity contribution in [1.82, 2.24) is 20.1 Å². The average molecular weight is 530 g/mol. The first kappa shape index (κ1) is 26.7. The van der Waals surface area contributed by atoms with Crippen molar-refractivity contribution >= 4 is 52.2 Å². The summed E-state index contributed by atoms with van der Waals surface area (Å²) >= 11 is 13.3. The number of benzene rings is 1. The first-order valence-corrected chi connectivity index (χ1v) is 12.6. The number of nitrogens with one attached hydrogen (secondary N) is 2. The number of aromatic nitrogens is 1. The van der Waals surface area contributed by atoms with Crippen LogP contribution in [0.15, 0.2) is 23.6 Å². The Hall–Kier alpha value is -1.95. The number of thiazole rings is 1. The number of rotatable bonds is 11. The van der Waals surface area contributed by atoms with Crippen molar-refractivity contribution in [1.29, 1.82) is 0 Å². The fourth-order valence-electron chi connectivity index (χ4n) is 3.30. The van der Waals surface area contributed by atoms with E-state index in [1.807, 2.05) is 0 Å². The topological polar surface area (TPSA) is 96.0 Å². The molecule has 1 aliphatic rings. The standard InChI is InChI=1S/C22H29Cl2N5O4S/c1-32-10-9-29(22(31)26-16-3-4-17(23)18(24)13-16)14-20-27-19(15-34-20)21(30)25-5-2-6-28-7-11-33-12-8-28/h3-4,13,15H,2,5-12,14H2,1H3,(H,25,30)(H,26,31). The van der Waals surface area contributed by atoms with Crippen LogP contribution in [0.3, 0.4) is 0 Å². The summed E-state index contributed by atoms with van der Waals surface area (Å²) in [6.07, 6.45) is 0.864. The van der Waals surface area contributed by atoms with Crippen LogP contribution < -0.4 is 10.6 Å². The first-order chi connectivity index (χ1) is 16.5. The molecule has 1 aliphatic heterocycles. The summed E-state index contributed by atoms with van der Waals surface area (Å²) in [5, 5.41) is 8.84. The highest BCUT2D eigenvalue weighted by atomic mass is 35.5. The van der Waals surface area contributed by atoms with Crippen LogP contribution in [0, 0.1) is 0 Å². The van der Waals surface area contributed by atoms with Gasteiger partial charge in [-0.15, -0.1) is 11.3 Å². The van der Waals surface area contributed by atoms with Gasteiger partial charge >= 0.3 is 6.03 Å². The number of morpholine rings is 1. The number of methoxy groups -OCH3 is 1. The highest BCUT2D eigenvalue weighted by molar-refractivity contribution is 7.09. The van der Waals surface area contributed by atoms with Crippen molar-refractivity contribution in [2.24, 2.45) is 0 Å². The molecular weight excluding hydrogens is 501 g/mol. The molecule has 1 aromatic carbocycles.